The van der Waals surface area contributed by atoms with E-state index in [-0.39, 0.29) is 47.4 Å². The molecule has 1 aliphatic rings. The number of pyridine rings is 2. The van der Waals surface area contributed by atoms with Gasteiger partial charge in [0.1, 0.15) is 17.4 Å². The second-order valence-corrected chi connectivity index (χ2v) is 7.82. The van der Waals surface area contributed by atoms with Crippen LogP contribution in [0.3, 0.4) is 0 Å². The number of hydrogen-bond acceptors (Lipinski definition) is 4. The zero-order valence-corrected chi connectivity index (χ0v) is 16.7. The molecule has 0 amide bonds. The molecule has 1 aromatic carbocycles. The van der Waals surface area contributed by atoms with Crippen LogP contribution in [0.15, 0.2) is 65.7 Å². The molecule has 5 nitrogen and oxygen atoms in total. The summed E-state index contributed by atoms with van der Waals surface area (Å²) < 4.78 is 15.9. The Morgan fingerprint density at radius 1 is 1.07 bits per heavy atom. The number of aromatic nitrogens is 2. The van der Waals surface area contributed by atoms with Crippen molar-refractivity contribution in [3.8, 4) is 5.69 Å². The first-order valence-electron chi connectivity index (χ1n) is 9.55. The molecule has 7 heteroatoms. The van der Waals surface area contributed by atoms with Crippen LogP contribution in [0.25, 0.3) is 5.69 Å². The minimum absolute atomic E-state index is 0.0394. The van der Waals surface area contributed by atoms with Gasteiger partial charge in [-0.2, -0.15) is 0 Å². The Morgan fingerprint density at radius 2 is 1.83 bits per heavy atom. The summed E-state index contributed by atoms with van der Waals surface area (Å²) in [7, 11) is 0. The Kier molecular flexibility index (Phi) is 5.59. The molecular formula is C23H18ClFN2O3. The Balaban J connectivity index is 1.39. The second-order valence-electron chi connectivity index (χ2n) is 7.39. The van der Waals surface area contributed by atoms with Crippen LogP contribution in [0.2, 0.25) is 5.02 Å². The van der Waals surface area contributed by atoms with Gasteiger partial charge in [-0.15, -0.1) is 0 Å². The molecule has 1 fully saturated rings. The Hall–Kier alpha value is -3.12. The smallest absolute Gasteiger partial charge is 0.255 e. The SMILES string of the molecule is O=C(Cc1ccc(Cl)cn1)[C@H]1C[C@H]1C(=O)Cc1ccc(-n2ccccc2=O)cc1F. The van der Waals surface area contributed by atoms with Crippen molar-refractivity contribution in [1.82, 2.24) is 9.55 Å². The molecule has 0 N–H and O–H groups in total. The first kappa shape index (κ1) is 20.2. The number of carbonyl (C=O) groups is 2. The van der Waals surface area contributed by atoms with E-state index in [0.29, 0.717) is 22.8 Å². The number of hydrogen-bond donors (Lipinski definition) is 0. The second kappa shape index (κ2) is 8.32. The zero-order chi connectivity index (χ0) is 21.3. The molecule has 30 heavy (non-hydrogen) atoms. The van der Waals surface area contributed by atoms with E-state index < -0.39 is 5.82 Å². The maximum atomic E-state index is 14.5. The fourth-order valence-corrected chi connectivity index (χ4v) is 3.63. The molecule has 2 aromatic heterocycles. The number of benzene rings is 1. The standard InChI is InChI=1S/C23H18ClFN2O3/c24-15-5-6-16(26-13-15)10-22(29)19-12-18(19)21(28)9-14-4-7-17(11-20(14)25)27-8-2-1-3-23(27)30/h1-8,11,13,18-19H,9-10,12H2/t18-,19+/m1/s1. The first-order valence-corrected chi connectivity index (χ1v) is 9.92. The molecule has 1 aliphatic carbocycles. The normalized spacial score (nSPS) is 17.5. The lowest BCUT2D eigenvalue weighted by atomic mass is 10.0. The predicted molar refractivity (Wildman–Crippen MR) is 110 cm³/mol. The number of halogens is 2. The van der Waals surface area contributed by atoms with Crippen molar-refractivity contribution in [2.75, 3.05) is 0 Å². The Bertz CT molecular complexity index is 1170. The average molecular weight is 425 g/mol. The van der Waals surface area contributed by atoms with Crippen LogP contribution in [-0.4, -0.2) is 21.1 Å². The highest BCUT2D eigenvalue weighted by molar-refractivity contribution is 6.30. The fraction of sp³-hybridized carbons (Fsp3) is 0.217. The molecule has 2 atom stereocenters. The lowest BCUT2D eigenvalue weighted by Gasteiger charge is -2.08. The molecule has 4 rings (SSSR count). The Morgan fingerprint density at radius 3 is 2.50 bits per heavy atom. The predicted octanol–water partition coefficient (Wildman–Crippen LogP) is 3.58. The minimum Gasteiger partial charge on any atom is -0.299 e. The van der Waals surface area contributed by atoms with Gasteiger partial charge in [0.15, 0.2) is 0 Å². The molecule has 0 saturated heterocycles. The highest BCUT2D eigenvalue weighted by Gasteiger charge is 2.46. The number of rotatable bonds is 7. The van der Waals surface area contributed by atoms with Gasteiger partial charge in [-0.05, 0) is 42.3 Å². The van der Waals surface area contributed by atoms with Gasteiger partial charge in [-0.25, -0.2) is 4.39 Å². The van der Waals surface area contributed by atoms with Crippen LogP contribution < -0.4 is 5.56 Å². The lowest BCUT2D eigenvalue weighted by molar-refractivity contribution is -0.124. The van der Waals surface area contributed by atoms with Crippen molar-refractivity contribution in [2.45, 2.75) is 19.3 Å². The quantitative estimate of drug-likeness (QED) is 0.581. The van der Waals surface area contributed by atoms with Gasteiger partial charge >= 0.3 is 0 Å². The summed E-state index contributed by atoms with van der Waals surface area (Å²) >= 11 is 5.79. The molecule has 3 aromatic rings. The highest BCUT2D eigenvalue weighted by Crippen LogP contribution is 2.41. The summed E-state index contributed by atoms with van der Waals surface area (Å²) in [6.07, 6.45) is 3.60. The van der Waals surface area contributed by atoms with Gasteiger partial charge in [0.2, 0.25) is 0 Å². The largest absolute Gasteiger partial charge is 0.299 e. The molecule has 1 saturated carbocycles. The van der Waals surface area contributed by atoms with Crippen molar-refractivity contribution < 1.29 is 14.0 Å². The molecule has 0 spiro atoms. The van der Waals surface area contributed by atoms with E-state index in [0.717, 1.165) is 0 Å². The minimum atomic E-state index is -0.550. The van der Waals surface area contributed by atoms with Gasteiger partial charge in [-0.1, -0.05) is 23.7 Å². The maximum absolute atomic E-state index is 14.5. The van der Waals surface area contributed by atoms with Gasteiger partial charge in [0.25, 0.3) is 5.56 Å². The van der Waals surface area contributed by atoms with E-state index in [1.54, 1.807) is 36.5 Å². The van der Waals surface area contributed by atoms with E-state index in [9.17, 15) is 18.8 Å². The van der Waals surface area contributed by atoms with E-state index in [1.807, 2.05) is 0 Å². The summed E-state index contributed by atoms with van der Waals surface area (Å²) in [5.74, 6) is -1.45. The number of ketones is 2. The summed E-state index contributed by atoms with van der Waals surface area (Å²) in [5, 5.41) is 0.496. The van der Waals surface area contributed by atoms with Crippen LogP contribution >= 0.6 is 11.6 Å². The zero-order valence-electron chi connectivity index (χ0n) is 15.9. The summed E-state index contributed by atoms with van der Waals surface area (Å²) in [4.78, 5) is 40.9. The van der Waals surface area contributed by atoms with Crippen LogP contribution in [0, 0.1) is 17.7 Å². The third kappa shape index (κ3) is 4.39. The van der Waals surface area contributed by atoms with Crippen molar-refractivity contribution >= 4 is 23.2 Å². The monoisotopic (exact) mass is 424 g/mol. The number of Topliss-reactive ketones (excluding diaryl/α,β-unsaturated/α-hetero) is 2. The van der Waals surface area contributed by atoms with E-state index in [4.69, 9.17) is 11.6 Å². The van der Waals surface area contributed by atoms with E-state index >= 15 is 0 Å². The van der Waals surface area contributed by atoms with E-state index in [1.165, 1.54) is 29.0 Å². The molecular weight excluding hydrogens is 407 g/mol. The van der Waals surface area contributed by atoms with Gasteiger partial charge in [-0.3, -0.25) is 23.9 Å². The number of carbonyl (C=O) groups excluding carboxylic acids is 2. The first-order chi connectivity index (χ1) is 14.4. The maximum Gasteiger partial charge on any atom is 0.255 e. The molecule has 0 aliphatic heterocycles. The lowest BCUT2D eigenvalue weighted by Crippen LogP contribution is -2.16. The van der Waals surface area contributed by atoms with Crippen LogP contribution in [0.1, 0.15) is 17.7 Å². The summed E-state index contributed by atoms with van der Waals surface area (Å²) in [5.41, 5.74) is 0.991. The third-order valence-corrected chi connectivity index (χ3v) is 5.49. The van der Waals surface area contributed by atoms with Crippen molar-refractivity contribution in [3.05, 3.63) is 93.4 Å². The molecule has 2 heterocycles. The van der Waals surface area contributed by atoms with E-state index in [2.05, 4.69) is 4.98 Å². The van der Waals surface area contributed by atoms with Gasteiger partial charge in [0.05, 0.1) is 10.7 Å². The van der Waals surface area contributed by atoms with Crippen molar-refractivity contribution in [3.63, 3.8) is 0 Å². The van der Waals surface area contributed by atoms with Crippen LogP contribution in [0.4, 0.5) is 4.39 Å². The summed E-state index contributed by atoms with van der Waals surface area (Å²) in [6, 6.07) is 12.4. The van der Waals surface area contributed by atoms with Gasteiger partial charge in [0, 0.05) is 48.8 Å². The van der Waals surface area contributed by atoms with Crippen molar-refractivity contribution in [2.24, 2.45) is 11.8 Å². The van der Waals surface area contributed by atoms with Crippen molar-refractivity contribution in [1.29, 1.82) is 0 Å². The molecule has 0 bridgehead atoms. The molecule has 0 unspecified atom stereocenters. The number of nitrogens with zero attached hydrogens (tertiary/aromatic N) is 2. The van der Waals surface area contributed by atoms with Gasteiger partial charge < -0.3 is 0 Å². The van der Waals surface area contributed by atoms with Crippen LogP contribution in [0.5, 0.6) is 0 Å². The molecule has 0 radical (unpaired) electrons. The molecule has 152 valence electrons. The Labute approximate surface area is 177 Å². The topological polar surface area (TPSA) is 69.0 Å². The summed E-state index contributed by atoms with van der Waals surface area (Å²) in [6.45, 7) is 0. The highest BCUT2D eigenvalue weighted by atomic mass is 35.5. The average Bonchev–Trinajstić information content (AvgIpc) is 3.53. The fourth-order valence-electron chi connectivity index (χ4n) is 3.52. The third-order valence-electron chi connectivity index (χ3n) is 5.26. The van der Waals surface area contributed by atoms with Crippen LogP contribution in [-0.2, 0) is 22.4 Å².